The van der Waals surface area contributed by atoms with Gasteiger partial charge in [-0.05, 0) is 58.8 Å². The lowest BCUT2D eigenvalue weighted by Crippen LogP contribution is -1.96. The maximum atomic E-state index is 5.07. The zero-order valence-electron chi connectivity index (χ0n) is 19.5. The van der Waals surface area contributed by atoms with E-state index in [0.717, 1.165) is 43.4 Å². The first kappa shape index (κ1) is 20.9. The first-order valence-corrected chi connectivity index (χ1v) is 12.6. The Balaban J connectivity index is 1.39. The number of nitrogens with zero attached hydrogens (tertiary/aromatic N) is 4. The molecule has 3 aromatic heterocycles. The number of hydrogen-bond acceptors (Lipinski definition) is 5. The van der Waals surface area contributed by atoms with Crippen LogP contribution in [0.15, 0.2) is 103 Å². The highest BCUT2D eigenvalue weighted by molar-refractivity contribution is 7.21. The monoisotopic (exact) mass is 480 g/mol. The molecule has 0 aliphatic carbocycles. The quantitative estimate of drug-likeness (QED) is 0.240. The molecular formula is C31H20N4S. The zero-order chi connectivity index (χ0) is 24.1. The van der Waals surface area contributed by atoms with E-state index < -0.39 is 0 Å². The maximum absolute atomic E-state index is 5.07. The van der Waals surface area contributed by atoms with E-state index in [1.54, 1.807) is 17.5 Å². The first-order chi connectivity index (χ1) is 17.7. The summed E-state index contributed by atoms with van der Waals surface area (Å²) in [6.45, 7) is 2.03. The number of thiazole rings is 1. The Labute approximate surface area is 212 Å². The van der Waals surface area contributed by atoms with Gasteiger partial charge in [0.05, 0.1) is 5.69 Å². The Hall–Kier alpha value is -4.48. The van der Waals surface area contributed by atoms with Gasteiger partial charge in [0.25, 0.3) is 0 Å². The summed E-state index contributed by atoms with van der Waals surface area (Å²) in [6, 6.07) is 33.6. The summed E-state index contributed by atoms with van der Waals surface area (Å²) in [5, 5.41) is 5.82. The lowest BCUT2D eigenvalue weighted by molar-refractivity contribution is 1.12. The van der Waals surface area contributed by atoms with Crippen LogP contribution in [-0.4, -0.2) is 19.9 Å². The number of fused-ring (bicyclic) bond motifs is 4. The molecule has 0 saturated carbocycles. The van der Waals surface area contributed by atoms with Crippen molar-refractivity contribution in [2.24, 2.45) is 0 Å². The maximum Gasteiger partial charge on any atom is 0.160 e. The number of hydrogen-bond donors (Lipinski definition) is 0. The summed E-state index contributed by atoms with van der Waals surface area (Å²) in [7, 11) is 0. The summed E-state index contributed by atoms with van der Waals surface area (Å²) < 4.78 is 0. The molecule has 0 unspecified atom stereocenters. The summed E-state index contributed by atoms with van der Waals surface area (Å²) in [5.74, 6) is 0.711. The van der Waals surface area contributed by atoms with Crippen LogP contribution >= 0.6 is 11.3 Å². The van der Waals surface area contributed by atoms with E-state index in [1.165, 1.54) is 21.5 Å². The van der Waals surface area contributed by atoms with Crippen LogP contribution in [0.1, 0.15) is 5.69 Å². The lowest BCUT2D eigenvalue weighted by Gasteiger charge is -2.12. The summed E-state index contributed by atoms with van der Waals surface area (Å²) >= 11 is 1.60. The second kappa shape index (κ2) is 8.33. The Morgan fingerprint density at radius 2 is 1.44 bits per heavy atom. The summed E-state index contributed by atoms with van der Waals surface area (Å²) in [6.07, 6.45) is 1.80. The van der Waals surface area contributed by atoms with Gasteiger partial charge < -0.3 is 0 Å². The second-order valence-electron chi connectivity index (χ2n) is 8.84. The van der Waals surface area contributed by atoms with Gasteiger partial charge in [0, 0.05) is 28.6 Å². The summed E-state index contributed by atoms with van der Waals surface area (Å²) in [4.78, 5) is 20.0. The van der Waals surface area contributed by atoms with Gasteiger partial charge in [0.15, 0.2) is 5.82 Å². The molecule has 0 N–H and O–H groups in total. The van der Waals surface area contributed by atoms with Gasteiger partial charge in [-0.25, -0.2) is 19.9 Å². The standard InChI is InChI=1S/C31H20N4S/c1-19-16-28(26-18-20-8-2-3-11-23(20)24-12-4-5-13-25(24)26)34-29(33-19)21-9-6-10-22(17-21)30-35-27-14-7-15-32-31(27)36-30/h2-18H,1H3. The van der Waals surface area contributed by atoms with Gasteiger partial charge in [-0.1, -0.05) is 78.1 Å². The number of aryl methyl sites for hydroxylation is 1. The number of aromatic nitrogens is 4. The molecule has 0 saturated heterocycles. The molecule has 4 aromatic carbocycles. The van der Waals surface area contributed by atoms with Crippen LogP contribution in [0.2, 0.25) is 0 Å². The highest BCUT2D eigenvalue weighted by Crippen LogP contribution is 2.36. The Morgan fingerprint density at radius 3 is 2.33 bits per heavy atom. The fourth-order valence-electron chi connectivity index (χ4n) is 4.79. The zero-order valence-corrected chi connectivity index (χ0v) is 20.3. The van der Waals surface area contributed by atoms with Crippen molar-refractivity contribution >= 4 is 43.2 Å². The molecule has 0 radical (unpaired) electrons. The van der Waals surface area contributed by atoms with E-state index in [-0.39, 0.29) is 0 Å². The fraction of sp³-hybridized carbons (Fsp3) is 0.0323. The highest BCUT2D eigenvalue weighted by Gasteiger charge is 2.14. The van der Waals surface area contributed by atoms with E-state index in [2.05, 4.69) is 83.8 Å². The van der Waals surface area contributed by atoms with E-state index in [1.807, 2.05) is 25.1 Å². The van der Waals surface area contributed by atoms with Crippen LogP contribution in [0.3, 0.4) is 0 Å². The van der Waals surface area contributed by atoms with Crippen LogP contribution in [0.5, 0.6) is 0 Å². The van der Waals surface area contributed by atoms with Crippen LogP contribution in [-0.2, 0) is 0 Å². The van der Waals surface area contributed by atoms with Crippen molar-refractivity contribution in [3.05, 3.63) is 109 Å². The average molecular weight is 481 g/mol. The average Bonchev–Trinajstić information content (AvgIpc) is 3.37. The predicted octanol–water partition coefficient (Wildman–Crippen LogP) is 8.10. The number of pyridine rings is 1. The Morgan fingerprint density at radius 1 is 0.639 bits per heavy atom. The van der Waals surface area contributed by atoms with E-state index in [0.29, 0.717) is 5.82 Å². The van der Waals surface area contributed by atoms with Crippen molar-refractivity contribution in [1.29, 1.82) is 0 Å². The largest absolute Gasteiger partial charge is 0.244 e. The normalized spacial score (nSPS) is 11.5. The molecule has 0 atom stereocenters. The molecule has 4 nitrogen and oxygen atoms in total. The van der Waals surface area contributed by atoms with Gasteiger partial charge in [-0.15, -0.1) is 0 Å². The van der Waals surface area contributed by atoms with Crippen molar-refractivity contribution in [2.75, 3.05) is 0 Å². The SMILES string of the molecule is Cc1cc(-c2cc3ccccc3c3ccccc23)nc(-c2cccc(-c3nc4cccnc4s3)c2)n1. The third-order valence-corrected chi connectivity index (χ3v) is 7.46. The second-order valence-corrected chi connectivity index (χ2v) is 9.81. The smallest absolute Gasteiger partial charge is 0.160 e. The van der Waals surface area contributed by atoms with Crippen LogP contribution in [0.25, 0.3) is 65.1 Å². The molecule has 0 bridgehead atoms. The van der Waals surface area contributed by atoms with Crippen LogP contribution in [0.4, 0.5) is 0 Å². The molecule has 170 valence electrons. The molecule has 7 aromatic rings. The highest BCUT2D eigenvalue weighted by atomic mass is 32.1. The van der Waals surface area contributed by atoms with E-state index in [9.17, 15) is 0 Å². The van der Waals surface area contributed by atoms with Gasteiger partial charge >= 0.3 is 0 Å². The number of rotatable bonds is 3. The molecule has 0 fully saturated rings. The molecule has 7 rings (SSSR count). The topological polar surface area (TPSA) is 51.6 Å². The minimum absolute atomic E-state index is 0.711. The molecule has 0 aliphatic rings. The van der Waals surface area contributed by atoms with Gasteiger partial charge in [-0.2, -0.15) is 0 Å². The third-order valence-electron chi connectivity index (χ3n) is 6.43. The van der Waals surface area contributed by atoms with Crippen molar-refractivity contribution in [3.8, 4) is 33.2 Å². The van der Waals surface area contributed by atoms with E-state index in [4.69, 9.17) is 15.0 Å². The predicted molar refractivity (Wildman–Crippen MR) is 149 cm³/mol. The Bertz CT molecular complexity index is 1890. The van der Waals surface area contributed by atoms with Crippen molar-refractivity contribution in [3.63, 3.8) is 0 Å². The summed E-state index contributed by atoms with van der Waals surface area (Å²) in [5.41, 5.74) is 5.90. The molecule has 0 amide bonds. The number of benzene rings is 4. The molecule has 36 heavy (non-hydrogen) atoms. The van der Waals surface area contributed by atoms with Gasteiger partial charge in [0.2, 0.25) is 0 Å². The van der Waals surface area contributed by atoms with E-state index >= 15 is 0 Å². The minimum Gasteiger partial charge on any atom is -0.244 e. The van der Waals surface area contributed by atoms with Crippen molar-refractivity contribution < 1.29 is 0 Å². The van der Waals surface area contributed by atoms with Crippen molar-refractivity contribution in [2.45, 2.75) is 6.92 Å². The molecule has 5 heteroatoms. The molecular weight excluding hydrogens is 460 g/mol. The van der Waals surface area contributed by atoms with Crippen LogP contribution in [0, 0.1) is 6.92 Å². The Kier molecular flexibility index (Phi) is 4.82. The first-order valence-electron chi connectivity index (χ1n) is 11.8. The third kappa shape index (κ3) is 3.53. The van der Waals surface area contributed by atoms with Crippen molar-refractivity contribution in [1.82, 2.24) is 19.9 Å². The van der Waals surface area contributed by atoms with Gasteiger partial charge in [0.1, 0.15) is 15.4 Å². The van der Waals surface area contributed by atoms with Crippen LogP contribution < -0.4 is 0 Å². The molecule has 3 heterocycles. The fourth-order valence-corrected chi connectivity index (χ4v) is 5.69. The lowest BCUT2D eigenvalue weighted by atomic mass is 9.95. The molecule has 0 spiro atoms. The minimum atomic E-state index is 0.711. The van der Waals surface area contributed by atoms with Gasteiger partial charge in [-0.3, -0.25) is 0 Å². The molecule has 0 aliphatic heterocycles.